The van der Waals surface area contributed by atoms with Crippen LogP contribution in [0.1, 0.15) is 98.3 Å². The Morgan fingerprint density at radius 2 is 1.93 bits per heavy atom. The first-order valence-electron chi connectivity index (χ1n) is 12.1. The van der Waals surface area contributed by atoms with E-state index in [9.17, 15) is 10.2 Å². The van der Waals surface area contributed by atoms with E-state index in [2.05, 4.69) is 32.6 Å². The molecule has 0 aromatic carbocycles. The van der Waals surface area contributed by atoms with Crippen LogP contribution >= 0.6 is 0 Å². The average molecular weight is 401 g/mol. The lowest BCUT2D eigenvalue weighted by atomic mass is 9.60. The van der Waals surface area contributed by atoms with Gasteiger partial charge in [0, 0.05) is 0 Å². The highest BCUT2D eigenvalue weighted by molar-refractivity contribution is 5.37. The zero-order chi connectivity index (χ0) is 21.2. The molecule has 29 heavy (non-hydrogen) atoms. The molecular weight excluding hydrogens is 356 g/mol. The first kappa shape index (κ1) is 22.8. The van der Waals surface area contributed by atoms with Crippen LogP contribution in [-0.4, -0.2) is 21.9 Å². The van der Waals surface area contributed by atoms with Gasteiger partial charge in [-0.25, -0.2) is 0 Å². The van der Waals surface area contributed by atoms with Crippen molar-refractivity contribution in [3.05, 3.63) is 35.5 Å². The molecule has 3 rings (SSSR count). The Kier molecular flexibility index (Phi) is 7.16. The van der Waals surface area contributed by atoms with E-state index in [0.717, 1.165) is 55.4 Å². The molecule has 0 saturated heterocycles. The minimum Gasteiger partial charge on any atom is -0.390 e. The molecule has 2 heteroatoms. The highest BCUT2D eigenvalue weighted by Gasteiger charge is 2.50. The minimum absolute atomic E-state index is 0.342. The fourth-order valence-corrected chi connectivity index (χ4v) is 6.70. The molecule has 0 bridgehead atoms. The number of hydrogen-bond acceptors (Lipinski definition) is 2. The Balaban J connectivity index is 1.68. The first-order valence-corrected chi connectivity index (χ1v) is 12.1. The highest BCUT2D eigenvalue weighted by Crippen LogP contribution is 2.60. The molecule has 0 aromatic heterocycles. The lowest BCUT2D eigenvalue weighted by Gasteiger charge is -2.44. The maximum Gasteiger partial charge on any atom is 0.0787 e. The molecule has 0 amide bonds. The van der Waals surface area contributed by atoms with Gasteiger partial charge in [0.1, 0.15) is 0 Å². The van der Waals surface area contributed by atoms with E-state index in [1.165, 1.54) is 44.1 Å². The van der Waals surface area contributed by atoms with Crippen LogP contribution in [0.3, 0.4) is 0 Å². The maximum atomic E-state index is 10.1. The SMILES string of the molecule is C=C1/C(=C\C=C2/CCCC3(C)C2CCC3C(C)CCCC(C)(C)O)CCCC1O. The quantitative estimate of drug-likeness (QED) is 0.518. The Bertz CT molecular complexity index is 650. The monoisotopic (exact) mass is 400 g/mol. The van der Waals surface area contributed by atoms with Gasteiger partial charge in [-0.3, -0.25) is 0 Å². The van der Waals surface area contributed by atoms with Crippen LogP contribution in [0.2, 0.25) is 0 Å². The molecule has 3 fully saturated rings. The molecule has 5 atom stereocenters. The summed E-state index contributed by atoms with van der Waals surface area (Å²) in [7, 11) is 0. The average Bonchev–Trinajstić information content (AvgIpc) is 2.99. The Labute approximate surface area is 179 Å². The second kappa shape index (κ2) is 9.10. The van der Waals surface area contributed by atoms with E-state index in [1.54, 1.807) is 5.57 Å². The van der Waals surface area contributed by atoms with Gasteiger partial charge >= 0.3 is 0 Å². The Morgan fingerprint density at radius 3 is 2.66 bits per heavy atom. The van der Waals surface area contributed by atoms with E-state index >= 15 is 0 Å². The highest BCUT2D eigenvalue weighted by atomic mass is 16.3. The Morgan fingerprint density at radius 1 is 1.17 bits per heavy atom. The van der Waals surface area contributed by atoms with Crippen LogP contribution in [0.4, 0.5) is 0 Å². The molecule has 0 aliphatic heterocycles. The molecule has 3 saturated carbocycles. The van der Waals surface area contributed by atoms with Gasteiger partial charge < -0.3 is 10.2 Å². The van der Waals surface area contributed by atoms with Crippen LogP contribution in [0, 0.1) is 23.2 Å². The van der Waals surface area contributed by atoms with Crippen molar-refractivity contribution >= 4 is 0 Å². The van der Waals surface area contributed by atoms with Gasteiger partial charge in [-0.15, -0.1) is 0 Å². The predicted octanol–water partition coefficient (Wildman–Crippen LogP) is 6.73. The summed E-state index contributed by atoms with van der Waals surface area (Å²) in [6.45, 7) is 13.0. The molecule has 2 N–H and O–H groups in total. The van der Waals surface area contributed by atoms with E-state index < -0.39 is 5.60 Å². The van der Waals surface area contributed by atoms with Gasteiger partial charge in [-0.1, -0.05) is 51.0 Å². The van der Waals surface area contributed by atoms with Crippen LogP contribution in [0.5, 0.6) is 0 Å². The van der Waals surface area contributed by atoms with Crippen molar-refractivity contribution in [1.82, 2.24) is 0 Å². The summed E-state index contributed by atoms with van der Waals surface area (Å²) in [6, 6.07) is 0. The molecule has 3 aliphatic rings. The standard InChI is InChI=1S/C27H44O2/c1-19(9-7-17-26(3,4)29)23-15-16-24-22(11-8-18-27(23,24)5)14-13-21-10-6-12-25(28)20(21)2/h13-14,19,23-25,28-29H,2,6-12,15-18H2,1,3-5H3/b21-13-,22-14+. The zero-order valence-corrected chi connectivity index (χ0v) is 19.3. The van der Waals surface area contributed by atoms with E-state index in [4.69, 9.17) is 0 Å². The van der Waals surface area contributed by atoms with Gasteiger partial charge in [0.15, 0.2) is 0 Å². The molecule has 5 unspecified atom stereocenters. The number of allylic oxidation sites excluding steroid dienone is 3. The van der Waals surface area contributed by atoms with Crippen molar-refractivity contribution < 1.29 is 10.2 Å². The number of aliphatic hydroxyl groups is 2. The normalized spacial score (nSPS) is 37.2. The number of fused-ring (bicyclic) bond motifs is 1. The molecule has 0 aromatic rings. The topological polar surface area (TPSA) is 40.5 Å². The van der Waals surface area contributed by atoms with Crippen LogP contribution < -0.4 is 0 Å². The smallest absolute Gasteiger partial charge is 0.0787 e. The van der Waals surface area contributed by atoms with E-state index in [-0.39, 0.29) is 6.10 Å². The molecule has 2 nitrogen and oxygen atoms in total. The third-order valence-electron chi connectivity index (χ3n) is 8.41. The predicted molar refractivity (Wildman–Crippen MR) is 123 cm³/mol. The van der Waals surface area contributed by atoms with Gasteiger partial charge in [-0.2, -0.15) is 0 Å². The van der Waals surface area contributed by atoms with Gasteiger partial charge in [-0.05, 0) is 106 Å². The van der Waals surface area contributed by atoms with E-state index in [1.807, 2.05) is 13.8 Å². The fraction of sp³-hybridized carbons (Fsp3) is 0.778. The largest absolute Gasteiger partial charge is 0.390 e. The minimum atomic E-state index is -0.535. The Hall–Kier alpha value is -0.860. The molecule has 0 radical (unpaired) electrons. The maximum absolute atomic E-state index is 10.1. The summed E-state index contributed by atoms with van der Waals surface area (Å²) < 4.78 is 0. The third kappa shape index (κ3) is 5.25. The summed E-state index contributed by atoms with van der Waals surface area (Å²) in [6.07, 6.45) is 17.2. The van der Waals surface area contributed by atoms with Gasteiger partial charge in [0.05, 0.1) is 11.7 Å². The van der Waals surface area contributed by atoms with Crippen LogP contribution in [-0.2, 0) is 0 Å². The lowest BCUT2D eigenvalue weighted by Crippen LogP contribution is -2.36. The van der Waals surface area contributed by atoms with Crippen molar-refractivity contribution in [2.45, 2.75) is 110 Å². The number of hydrogen-bond donors (Lipinski definition) is 2. The van der Waals surface area contributed by atoms with Crippen molar-refractivity contribution in [3.63, 3.8) is 0 Å². The summed E-state index contributed by atoms with van der Waals surface area (Å²) in [5.74, 6) is 2.26. The van der Waals surface area contributed by atoms with Crippen molar-refractivity contribution in [2.24, 2.45) is 23.2 Å². The van der Waals surface area contributed by atoms with Crippen LogP contribution in [0.15, 0.2) is 35.5 Å². The lowest BCUT2D eigenvalue weighted by molar-refractivity contribution is 0.0596. The summed E-state index contributed by atoms with van der Waals surface area (Å²) in [5.41, 5.74) is 3.74. The summed E-state index contributed by atoms with van der Waals surface area (Å²) in [5, 5.41) is 20.2. The van der Waals surface area contributed by atoms with Crippen molar-refractivity contribution in [1.29, 1.82) is 0 Å². The van der Waals surface area contributed by atoms with Crippen LogP contribution in [0.25, 0.3) is 0 Å². The molecular formula is C27H44O2. The molecule has 0 spiro atoms. The fourth-order valence-electron chi connectivity index (χ4n) is 6.70. The first-order chi connectivity index (χ1) is 13.6. The van der Waals surface area contributed by atoms with Gasteiger partial charge in [0.25, 0.3) is 0 Å². The molecule has 164 valence electrons. The number of rotatable bonds is 6. The second-order valence-electron chi connectivity index (χ2n) is 11.1. The summed E-state index contributed by atoms with van der Waals surface area (Å²) >= 11 is 0. The second-order valence-corrected chi connectivity index (χ2v) is 11.1. The molecule has 0 heterocycles. The molecule has 3 aliphatic carbocycles. The van der Waals surface area contributed by atoms with Gasteiger partial charge in [0.2, 0.25) is 0 Å². The summed E-state index contributed by atoms with van der Waals surface area (Å²) in [4.78, 5) is 0. The van der Waals surface area contributed by atoms with Crippen molar-refractivity contribution in [3.8, 4) is 0 Å². The zero-order valence-electron chi connectivity index (χ0n) is 19.3. The number of aliphatic hydroxyl groups excluding tert-OH is 1. The van der Waals surface area contributed by atoms with E-state index in [0.29, 0.717) is 5.41 Å². The third-order valence-corrected chi connectivity index (χ3v) is 8.41. The van der Waals surface area contributed by atoms with Crippen molar-refractivity contribution in [2.75, 3.05) is 0 Å².